The number of aromatic nitrogens is 2. The summed E-state index contributed by atoms with van der Waals surface area (Å²) in [5, 5.41) is 11.1. The van der Waals surface area contributed by atoms with Gasteiger partial charge in [0, 0.05) is 18.5 Å². The number of rotatable bonds is 5. The van der Waals surface area contributed by atoms with Gasteiger partial charge in [0.15, 0.2) is 11.8 Å². The van der Waals surface area contributed by atoms with Gasteiger partial charge in [-0.25, -0.2) is 4.99 Å². The lowest BCUT2D eigenvalue weighted by molar-refractivity contribution is 0.387. The normalized spacial score (nSPS) is 13.0. The van der Waals surface area contributed by atoms with E-state index >= 15 is 0 Å². The van der Waals surface area contributed by atoms with Crippen LogP contribution in [0.25, 0.3) is 0 Å². The third-order valence-corrected chi connectivity index (χ3v) is 3.27. The van der Waals surface area contributed by atoms with Crippen LogP contribution in [0.2, 0.25) is 5.02 Å². The van der Waals surface area contributed by atoms with Gasteiger partial charge in [0.2, 0.25) is 5.89 Å². The summed E-state index contributed by atoms with van der Waals surface area (Å²) in [6.07, 6.45) is 0. The van der Waals surface area contributed by atoms with Crippen molar-refractivity contribution in [1.29, 1.82) is 0 Å². The van der Waals surface area contributed by atoms with Crippen LogP contribution in [0.15, 0.2) is 33.8 Å². The number of benzene rings is 1. The van der Waals surface area contributed by atoms with Gasteiger partial charge in [-0.05, 0) is 31.5 Å². The van der Waals surface area contributed by atoms with Crippen LogP contribution < -0.4 is 10.6 Å². The Bertz CT molecular complexity index is 623. The van der Waals surface area contributed by atoms with Crippen LogP contribution in [-0.2, 0) is 6.54 Å². The van der Waals surface area contributed by atoms with Crippen LogP contribution in [0.4, 0.5) is 0 Å². The molecule has 0 aliphatic rings. The Morgan fingerprint density at radius 1 is 1.36 bits per heavy atom. The largest absolute Gasteiger partial charge is 0.357 e. The summed E-state index contributed by atoms with van der Waals surface area (Å²) in [5.41, 5.74) is 1.13. The van der Waals surface area contributed by atoms with Crippen LogP contribution in [-0.4, -0.2) is 22.6 Å². The molecular formula is C15H20ClN5O. The van der Waals surface area contributed by atoms with Crippen LogP contribution in [0.1, 0.15) is 37.2 Å². The van der Waals surface area contributed by atoms with E-state index in [4.69, 9.17) is 16.1 Å². The maximum Gasteiger partial charge on any atom is 0.223 e. The molecule has 0 saturated carbocycles. The number of hydrogen-bond donors (Lipinski definition) is 2. The third kappa shape index (κ3) is 4.73. The highest BCUT2D eigenvalue weighted by atomic mass is 35.5. The van der Waals surface area contributed by atoms with Crippen molar-refractivity contribution in [2.75, 3.05) is 6.54 Å². The molecule has 7 heteroatoms. The first-order valence-corrected chi connectivity index (χ1v) is 7.55. The average molecular weight is 322 g/mol. The number of aliphatic imine (C=N–C) groups is 1. The third-order valence-electron chi connectivity index (χ3n) is 3.02. The fourth-order valence-corrected chi connectivity index (χ4v) is 2.04. The number of nitrogens with one attached hydrogen (secondary N) is 2. The highest BCUT2D eigenvalue weighted by Gasteiger charge is 2.08. The zero-order valence-electron chi connectivity index (χ0n) is 12.9. The van der Waals surface area contributed by atoms with Gasteiger partial charge in [-0.2, -0.15) is 4.98 Å². The highest BCUT2D eigenvalue weighted by Crippen LogP contribution is 2.15. The molecule has 6 nitrogen and oxygen atoms in total. The minimum Gasteiger partial charge on any atom is -0.357 e. The summed E-state index contributed by atoms with van der Waals surface area (Å²) in [6.45, 7) is 6.97. The Morgan fingerprint density at radius 3 is 2.68 bits per heavy atom. The zero-order valence-corrected chi connectivity index (χ0v) is 13.7. The van der Waals surface area contributed by atoms with Gasteiger partial charge >= 0.3 is 0 Å². The molecule has 0 amide bonds. The Kier molecular flexibility index (Phi) is 5.77. The molecule has 2 rings (SSSR count). The van der Waals surface area contributed by atoms with Gasteiger partial charge < -0.3 is 15.2 Å². The van der Waals surface area contributed by atoms with Crippen molar-refractivity contribution < 1.29 is 4.52 Å². The Balaban J connectivity index is 2.02. The molecule has 22 heavy (non-hydrogen) atoms. The van der Waals surface area contributed by atoms with Crippen molar-refractivity contribution in [3.8, 4) is 0 Å². The van der Waals surface area contributed by atoms with Crippen LogP contribution in [0, 0.1) is 6.92 Å². The van der Waals surface area contributed by atoms with Crippen molar-refractivity contribution in [2.45, 2.75) is 33.4 Å². The van der Waals surface area contributed by atoms with Gasteiger partial charge in [-0.15, -0.1) is 0 Å². The quantitative estimate of drug-likeness (QED) is 0.654. The van der Waals surface area contributed by atoms with Gasteiger partial charge in [0.1, 0.15) is 6.54 Å². The summed E-state index contributed by atoms with van der Waals surface area (Å²) < 4.78 is 4.93. The molecule has 1 unspecified atom stereocenters. The van der Waals surface area contributed by atoms with E-state index in [1.54, 1.807) is 6.92 Å². The predicted octanol–water partition coefficient (Wildman–Crippen LogP) is 2.85. The monoisotopic (exact) mass is 321 g/mol. The molecule has 0 fully saturated rings. The first-order valence-electron chi connectivity index (χ1n) is 7.18. The second-order valence-electron chi connectivity index (χ2n) is 4.84. The summed E-state index contributed by atoms with van der Waals surface area (Å²) in [7, 11) is 0. The minimum atomic E-state index is 0.0991. The van der Waals surface area contributed by atoms with E-state index in [0.29, 0.717) is 24.2 Å². The molecule has 1 aromatic heterocycles. The Labute approximate surface area is 135 Å². The Morgan fingerprint density at radius 2 is 2.09 bits per heavy atom. The maximum absolute atomic E-state index is 5.91. The molecule has 0 aliphatic heterocycles. The number of hydrogen-bond acceptors (Lipinski definition) is 4. The lowest BCUT2D eigenvalue weighted by Gasteiger charge is -2.18. The first kappa shape index (κ1) is 16.3. The first-order chi connectivity index (χ1) is 10.6. The summed E-state index contributed by atoms with van der Waals surface area (Å²) in [4.78, 5) is 8.60. The van der Waals surface area contributed by atoms with Crippen LogP contribution >= 0.6 is 11.6 Å². The number of nitrogens with zero attached hydrogens (tertiary/aromatic N) is 3. The van der Waals surface area contributed by atoms with Gasteiger partial charge in [0.25, 0.3) is 0 Å². The smallest absolute Gasteiger partial charge is 0.223 e. The summed E-state index contributed by atoms with van der Waals surface area (Å²) >= 11 is 5.91. The lowest BCUT2D eigenvalue weighted by Crippen LogP contribution is -2.38. The molecule has 0 saturated heterocycles. The Hall–Kier alpha value is -2.08. The van der Waals surface area contributed by atoms with Crippen LogP contribution in [0.5, 0.6) is 0 Å². The van der Waals surface area contributed by atoms with Gasteiger partial charge in [0.05, 0.1) is 6.04 Å². The molecule has 0 spiro atoms. The molecule has 2 N–H and O–H groups in total. The van der Waals surface area contributed by atoms with E-state index in [2.05, 4.69) is 32.7 Å². The second-order valence-corrected chi connectivity index (χ2v) is 5.28. The van der Waals surface area contributed by atoms with Crippen molar-refractivity contribution in [2.24, 2.45) is 4.99 Å². The predicted molar refractivity (Wildman–Crippen MR) is 86.9 cm³/mol. The van der Waals surface area contributed by atoms with E-state index in [0.717, 1.165) is 17.1 Å². The molecule has 2 aromatic rings. The molecule has 0 radical (unpaired) electrons. The van der Waals surface area contributed by atoms with E-state index in [-0.39, 0.29) is 6.04 Å². The standard InChI is InChI=1S/C15H20ClN5O/c1-4-17-15(18-9-14-20-11(3)22-21-14)19-10(2)12-5-7-13(16)8-6-12/h5-8,10H,4,9H2,1-3H3,(H2,17,18,19). The van der Waals surface area contributed by atoms with Crippen molar-refractivity contribution in [3.63, 3.8) is 0 Å². The van der Waals surface area contributed by atoms with Crippen molar-refractivity contribution in [3.05, 3.63) is 46.6 Å². The molecular weight excluding hydrogens is 302 g/mol. The highest BCUT2D eigenvalue weighted by molar-refractivity contribution is 6.30. The molecule has 118 valence electrons. The van der Waals surface area contributed by atoms with E-state index in [1.165, 1.54) is 0 Å². The fraction of sp³-hybridized carbons (Fsp3) is 0.400. The SMILES string of the molecule is CCNC(=NCc1noc(C)n1)NC(C)c1ccc(Cl)cc1. The summed E-state index contributed by atoms with van der Waals surface area (Å²) in [6, 6.07) is 7.84. The topological polar surface area (TPSA) is 75.3 Å². The van der Waals surface area contributed by atoms with Crippen LogP contribution in [0.3, 0.4) is 0 Å². The lowest BCUT2D eigenvalue weighted by atomic mass is 10.1. The van der Waals surface area contributed by atoms with E-state index in [9.17, 15) is 0 Å². The second kappa shape index (κ2) is 7.79. The molecule has 0 bridgehead atoms. The van der Waals surface area contributed by atoms with Gasteiger partial charge in [-0.3, -0.25) is 0 Å². The molecule has 1 heterocycles. The van der Waals surface area contributed by atoms with Crippen molar-refractivity contribution >= 4 is 17.6 Å². The average Bonchev–Trinajstić information content (AvgIpc) is 2.91. The number of halogens is 1. The van der Waals surface area contributed by atoms with E-state index < -0.39 is 0 Å². The molecule has 1 atom stereocenters. The van der Waals surface area contributed by atoms with E-state index in [1.807, 2.05) is 31.2 Å². The van der Waals surface area contributed by atoms with Crippen molar-refractivity contribution in [1.82, 2.24) is 20.8 Å². The minimum absolute atomic E-state index is 0.0991. The molecule has 1 aromatic carbocycles. The maximum atomic E-state index is 5.91. The zero-order chi connectivity index (χ0) is 15.9. The number of guanidine groups is 1. The van der Waals surface area contributed by atoms with Gasteiger partial charge in [-0.1, -0.05) is 28.9 Å². The fourth-order valence-electron chi connectivity index (χ4n) is 1.92. The summed E-state index contributed by atoms with van der Waals surface area (Å²) in [5.74, 6) is 1.80. The molecule has 0 aliphatic carbocycles. The number of aryl methyl sites for hydroxylation is 1.